The van der Waals surface area contributed by atoms with E-state index >= 15 is 0 Å². The van der Waals surface area contributed by atoms with Crippen LogP contribution in [0, 0.1) is 0 Å². The average molecular weight is 406 g/mol. The van der Waals surface area contributed by atoms with Gasteiger partial charge < -0.3 is 14.8 Å². The Balaban J connectivity index is 2.14. The summed E-state index contributed by atoms with van der Waals surface area (Å²) in [6.45, 7) is 1.11. The minimum Gasteiger partial charge on any atom is -0.495 e. The zero-order chi connectivity index (χ0) is 20.9. The van der Waals surface area contributed by atoms with Crippen molar-refractivity contribution in [3.63, 3.8) is 0 Å². The van der Waals surface area contributed by atoms with E-state index in [0.717, 1.165) is 4.31 Å². The van der Waals surface area contributed by atoms with Gasteiger partial charge in [-0.25, -0.2) is 12.7 Å². The fraction of sp³-hybridized carbons (Fsp3) is 0.263. The number of hydrogen-bond donors (Lipinski definition) is 1. The summed E-state index contributed by atoms with van der Waals surface area (Å²) in [7, 11) is 0.581. The number of rotatable bonds is 8. The van der Waals surface area contributed by atoms with Gasteiger partial charge in [0.1, 0.15) is 11.5 Å². The lowest BCUT2D eigenvalue weighted by molar-refractivity contribution is -0.118. The highest BCUT2D eigenvalue weighted by Crippen LogP contribution is 2.28. The number of methoxy groups -OCH3 is 1. The number of benzene rings is 2. The predicted octanol–water partition coefficient (Wildman–Crippen LogP) is 2.17. The quantitative estimate of drug-likeness (QED) is 0.674. The van der Waals surface area contributed by atoms with Gasteiger partial charge in [0.05, 0.1) is 17.7 Å². The molecule has 150 valence electrons. The number of nitrogens with zero attached hydrogens (tertiary/aromatic N) is 1. The van der Waals surface area contributed by atoms with Gasteiger partial charge in [0, 0.05) is 19.7 Å². The SMILES string of the molecule is COc1ccc(S(=O)(=O)N(C)C)cc1NC(=O)COc1cccc(C(C)=O)c1. The highest BCUT2D eigenvalue weighted by molar-refractivity contribution is 7.89. The molecule has 0 saturated carbocycles. The number of amides is 1. The van der Waals surface area contributed by atoms with Crippen LogP contribution in [0.2, 0.25) is 0 Å². The van der Waals surface area contributed by atoms with E-state index in [4.69, 9.17) is 9.47 Å². The van der Waals surface area contributed by atoms with Crippen LogP contribution in [0.5, 0.6) is 11.5 Å². The van der Waals surface area contributed by atoms with Crippen LogP contribution in [0.15, 0.2) is 47.4 Å². The number of carbonyl (C=O) groups excluding carboxylic acids is 2. The molecule has 1 amide bonds. The van der Waals surface area contributed by atoms with Gasteiger partial charge in [-0.3, -0.25) is 9.59 Å². The Morgan fingerprint density at radius 2 is 1.82 bits per heavy atom. The number of carbonyl (C=O) groups is 2. The molecule has 0 fully saturated rings. The molecule has 0 bridgehead atoms. The number of hydrogen-bond acceptors (Lipinski definition) is 6. The molecule has 0 unspecified atom stereocenters. The first-order valence-electron chi connectivity index (χ1n) is 8.29. The van der Waals surface area contributed by atoms with Gasteiger partial charge in [-0.1, -0.05) is 12.1 Å². The monoisotopic (exact) mass is 406 g/mol. The van der Waals surface area contributed by atoms with Crippen LogP contribution < -0.4 is 14.8 Å². The van der Waals surface area contributed by atoms with Gasteiger partial charge in [0.25, 0.3) is 5.91 Å². The molecule has 28 heavy (non-hydrogen) atoms. The first-order valence-corrected chi connectivity index (χ1v) is 9.73. The van der Waals surface area contributed by atoms with Crippen molar-refractivity contribution >= 4 is 27.4 Å². The van der Waals surface area contributed by atoms with Gasteiger partial charge in [-0.05, 0) is 37.3 Å². The zero-order valence-corrected chi connectivity index (χ0v) is 16.9. The summed E-state index contributed by atoms with van der Waals surface area (Å²) in [5.41, 5.74) is 0.678. The Labute approximate surface area is 164 Å². The molecule has 0 aliphatic rings. The maximum Gasteiger partial charge on any atom is 0.262 e. The lowest BCUT2D eigenvalue weighted by Crippen LogP contribution is -2.23. The molecule has 0 saturated heterocycles. The van der Waals surface area contributed by atoms with E-state index in [0.29, 0.717) is 17.1 Å². The molecule has 2 aromatic carbocycles. The molecule has 0 aliphatic heterocycles. The van der Waals surface area contributed by atoms with Crippen LogP contribution in [0.4, 0.5) is 5.69 Å². The van der Waals surface area contributed by atoms with Crippen LogP contribution in [-0.4, -0.2) is 52.2 Å². The largest absolute Gasteiger partial charge is 0.495 e. The molecule has 0 aliphatic carbocycles. The van der Waals surface area contributed by atoms with Crippen LogP contribution in [0.25, 0.3) is 0 Å². The second kappa shape index (κ2) is 8.85. The molecule has 0 radical (unpaired) electrons. The number of sulfonamides is 1. The van der Waals surface area contributed by atoms with Gasteiger partial charge in [0.2, 0.25) is 10.0 Å². The average Bonchev–Trinajstić information content (AvgIpc) is 2.66. The lowest BCUT2D eigenvalue weighted by Gasteiger charge is -2.15. The lowest BCUT2D eigenvalue weighted by atomic mass is 10.1. The van der Waals surface area contributed by atoms with Crippen molar-refractivity contribution in [1.29, 1.82) is 0 Å². The van der Waals surface area contributed by atoms with E-state index in [1.165, 1.54) is 46.3 Å². The van der Waals surface area contributed by atoms with Gasteiger partial charge in [-0.2, -0.15) is 0 Å². The first-order chi connectivity index (χ1) is 13.1. The Bertz CT molecular complexity index is 986. The summed E-state index contributed by atoms with van der Waals surface area (Å²) in [6.07, 6.45) is 0. The molecule has 0 spiro atoms. The van der Waals surface area contributed by atoms with E-state index < -0.39 is 15.9 Å². The molecule has 9 heteroatoms. The van der Waals surface area contributed by atoms with Crippen LogP contribution >= 0.6 is 0 Å². The maximum atomic E-state index is 12.3. The standard InChI is InChI=1S/C19H22N2O6S/c1-13(22)14-6-5-7-15(10-14)27-12-19(23)20-17-11-16(8-9-18(17)26-4)28(24,25)21(2)3/h5-11H,12H2,1-4H3,(H,20,23). The van der Waals surface area contributed by atoms with Crippen LogP contribution in [0.1, 0.15) is 17.3 Å². The summed E-state index contributed by atoms with van der Waals surface area (Å²) in [5.74, 6) is 0.0628. The normalized spacial score (nSPS) is 11.2. The predicted molar refractivity (Wildman–Crippen MR) is 104 cm³/mol. The summed E-state index contributed by atoms with van der Waals surface area (Å²) in [5, 5.41) is 2.58. The third-order valence-electron chi connectivity index (χ3n) is 3.83. The van der Waals surface area contributed by atoms with Gasteiger partial charge >= 0.3 is 0 Å². The molecule has 2 rings (SSSR count). The van der Waals surface area contributed by atoms with E-state index in [1.54, 1.807) is 24.3 Å². The summed E-state index contributed by atoms with van der Waals surface area (Å²) >= 11 is 0. The molecule has 0 aromatic heterocycles. The Hall–Kier alpha value is -2.91. The van der Waals surface area contributed by atoms with Crippen LogP contribution in [-0.2, 0) is 14.8 Å². The number of ketones is 1. The van der Waals surface area contributed by atoms with Gasteiger partial charge in [0.15, 0.2) is 12.4 Å². The zero-order valence-electron chi connectivity index (χ0n) is 16.1. The number of nitrogens with one attached hydrogen (secondary N) is 1. The van der Waals surface area contributed by atoms with Crippen molar-refractivity contribution in [2.75, 3.05) is 33.1 Å². The number of anilines is 1. The van der Waals surface area contributed by atoms with E-state index in [-0.39, 0.29) is 23.0 Å². The van der Waals surface area contributed by atoms with Gasteiger partial charge in [-0.15, -0.1) is 0 Å². The third kappa shape index (κ3) is 5.08. The fourth-order valence-corrected chi connectivity index (χ4v) is 3.22. The van der Waals surface area contributed by atoms with Crippen molar-refractivity contribution < 1.29 is 27.5 Å². The summed E-state index contributed by atoms with van der Waals surface area (Å²) in [4.78, 5) is 23.7. The smallest absolute Gasteiger partial charge is 0.262 e. The third-order valence-corrected chi connectivity index (χ3v) is 5.65. The molecular formula is C19H22N2O6S. The van der Waals surface area contributed by atoms with E-state index in [1.807, 2.05) is 0 Å². The number of ether oxygens (including phenoxy) is 2. The maximum absolute atomic E-state index is 12.3. The van der Waals surface area contributed by atoms with Crippen molar-refractivity contribution in [3.8, 4) is 11.5 Å². The fourth-order valence-electron chi connectivity index (χ4n) is 2.30. The number of Topliss-reactive ketones (excluding diaryl/α,β-unsaturated/α-hetero) is 1. The topological polar surface area (TPSA) is 102 Å². The molecule has 0 atom stereocenters. The van der Waals surface area contributed by atoms with Crippen molar-refractivity contribution in [2.45, 2.75) is 11.8 Å². The van der Waals surface area contributed by atoms with Crippen molar-refractivity contribution in [1.82, 2.24) is 4.31 Å². The van der Waals surface area contributed by atoms with Crippen molar-refractivity contribution in [2.24, 2.45) is 0 Å². The molecule has 2 aromatic rings. The highest BCUT2D eigenvalue weighted by Gasteiger charge is 2.20. The molecular weight excluding hydrogens is 384 g/mol. The first kappa shape index (κ1) is 21.4. The highest BCUT2D eigenvalue weighted by atomic mass is 32.2. The Morgan fingerprint density at radius 1 is 1.11 bits per heavy atom. The second-order valence-electron chi connectivity index (χ2n) is 6.07. The summed E-state index contributed by atoms with van der Waals surface area (Å²) in [6, 6.07) is 10.7. The Morgan fingerprint density at radius 3 is 2.43 bits per heavy atom. The van der Waals surface area contributed by atoms with E-state index in [2.05, 4.69) is 5.32 Å². The Kier molecular flexibility index (Phi) is 6.76. The molecule has 1 N–H and O–H groups in total. The van der Waals surface area contributed by atoms with Crippen molar-refractivity contribution in [3.05, 3.63) is 48.0 Å². The second-order valence-corrected chi connectivity index (χ2v) is 8.22. The minimum absolute atomic E-state index is 0.0173. The van der Waals surface area contributed by atoms with Crippen LogP contribution in [0.3, 0.4) is 0 Å². The minimum atomic E-state index is -3.67. The molecule has 8 nitrogen and oxygen atoms in total. The summed E-state index contributed by atoms with van der Waals surface area (Å²) < 4.78 is 36.2. The van der Waals surface area contributed by atoms with E-state index in [9.17, 15) is 18.0 Å². The molecule has 0 heterocycles.